The molecule has 88 valence electrons. The number of piperidine rings is 1. The molecule has 1 unspecified atom stereocenters. The van der Waals surface area contributed by atoms with Crippen LogP contribution in [0.15, 0.2) is 16.7 Å². The van der Waals surface area contributed by atoms with Crippen LogP contribution in [-0.2, 0) is 0 Å². The predicted octanol–water partition coefficient (Wildman–Crippen LogP) is 3.02. The molecule has 2 rings (SSSR count). The van der Waals surface area contributed by atoms with Gasteiger partial charge in [0.25, 0.3) is 5.91 Å². The fourth-order valence-electron chi connectivity index (χ4n) is 1.99. The zero-order chi connectivity index (χ0) is 11.5. The fourth-order valence-corrected chi connectivity index (χ4v) is 2.44. The lowest BCUT2D eigenvalue weighted by atomic mass is 9.99. The van der Waals surface area contributed by atoms with Crippen LogP contribution < -0.4 is 0 Å². The van der Waals surface area contributed by atoms with E-state index in [1.807, 2.05) is 0 Å². The summed E-state index contributed by atoms with van der Waals surface area (Å²) in [6.45, 7) is 1.48. The Hall–Kier alpha value is -0.670. The first kappa shape index (κ1) is 11.8. The monoisotopic (exact) mass is 261 g/mol. The van der Waals surface area contributed by atoms with Crippen molar-refractivity contribution in [3.63, 3.8) is 0 Å². The van der Waals surface area contributed by atoms with E-state index in [4.69, 9.17) is 27.6 Å². The average Bonchev–Trinajstić information content (AvgIpc) is 2.74. The number of likely N-dealkylation sites (tertiary alicyclic amines) is 1. The minimum Gasteiger partial charge on any atom is -0.452 e. The first-order chi connectivity index (χ1) is 7.72. The molecule has 0 radical (unpaired) electrons. The van der Waals surface area contributed by atoms with Crippen LogP contribution in [0, 0.1) is 5.92 Å². The topological polar surface area (TPSA) is 33.5 Å². The van der Waals surface area contributed by atoms with Gasteiger partial charge in [-0.3, -0.25) is 4.79 Å². The van der Waals surface area contributed by atoms with Crippen molar-refractivity contribution in [3.05, 3.63) is 23.1 Å². The van der Waals surface area contributed by atoms with Crippen molar-refractivity contribution in [2.75, 3.05) is 19.0 Å². The molecule has 1 aromatic heterocycles. The maximum Gasteiger partial charge on any atom is 0.258 e. The third-order valence-corrected chi connectivity index (χ3v) is 3.60. The molecule has 1 aliphatic heterocycles. The van der Waals surface area contributed by atoms with Gasteiger partial charge in [-0.2, -0.15) is 0 Å². The number of furan rings is 1. The van der Waals surface area contributed by atoms with E-state index >= 15 is 0 Å². The molecule has 1 aromatic rings. The summed E-state index contributed by atoms with van der Waals surface area (Å²) < 4.78 is 4.92. The number of alkyl halides is 1. The molecule has 1 aliphatic rings. The quantitative estimate of drug-likeness (QED) is 0.767. The SMILES string of the molecule is O=C(c1ccoc1Cl)N1CCCC(CCl)C1. The summed E-state index contributed by atoms with van der Waals surface area (Å²) in [5.74, 6) is 0.932. The van der Waals surface area contributed by atoms with Crippen LogP contribution >= 0.6 is 23.2 Å². The molecule has 16 heavy (non-hydrogen) atoms. The fraction of sp³-hybridized carbons (Fsp3) is 0.545. The zero-order valence-corrected chi connectivity index (χ0v) is 10.3. The summed E-state index contributed by atoms with van der Waals surface area (Å²) in [5.41, 5.74) is 0.442. The highest BCUT2D eigenvalue weighted by Gasteiger charge is 2.26. The van der Waals surface area contributed by atoms with Gasteiger partial charge in [-0.25, -0.2) is 0 Å². The van der Waals surface area contributed by atoms with E-state index in [0.29, 0.717) is 23.9 Å². The number of carbonyl (C=O) groups excluding carboxylic acids is 1. The number of amides is 1. The largest absolute Gasteiger partial charge is 0.452 e. The summed E-state index contributed by atoms with van der Waals surface area (Å²) in [6.07, 6.45) is 3.52. The van der Waals surface area contributed by atoms with Crippen molar-refractivity contribution < 1.29 is 9.21 Å². The second-order valence-electron chi connectivity index (χ2n) is 4.02. The molecule has 5 heteroatoms. The van der Waals surface area contributed by atoms with E-state index in [0.717, 1.165) is 19.4 Å². The molecule has 0 saturated carbocycles. The summed E-state index contributed by atoms with van der Waals surface area (Å²) >= 11 is 11.6. The highest BCUT2D eigenvalue weighted by atomic mass is 35.5. The Labute approximate surface area is 104 Å². The third-order valence-electron chi connectivity index (χ3n) is 2.87. The van der Waals surface area contributed by atoms with Gasteiger partial charge in [0.15, 0.2) is 0 Å². The summed E-state index contributed by atoms with van der Waals surface area (Å²) in [7, 11) is 0. The predicted molar refractivity (Wildman–Crippen MR) is 63.1 cm³/mol. The van der Waals surface area contributed by atoms with Crippen molar-refractivity contribution in [3.8, 4) is 0 Å². The molecule has 3 nitrogen and oxygen atoms in total. The van der Waals surface area contributed by atoms with Crippen LogP contribution in [0.25, 0.3) is 0 Å². The van der Waals surface area contributed by atoms with Gasteiger partial charge in [0.05, 0.1) is 11.8 Å². The van der Waals surface area contributed by atoms with Crippen molar-refractivity contribution >= 4 is 29.1 Å². The average molecular weight is 262 g/mol. The molecule has 1 amide bonds. The van der Waals surface area contributed by atoms with E-state index < -0.39 is 0 Å². The number of hydrogen-bond acceptors (Lipinski definition) is 2. The molecule has 1 fully saturated rings. The molecule has 1 atom stereocenters. The van der Waals surface area contributed by atoms with Gasteiger partial charge in [0.1, 0.15) is 0 Å². The molecular weight excluding hydrogens is 249 g/mol. The van der Waals surface area contributed by atoms with Gasteiger partial charge >= 0.3 is 0 Å². The first-order valence-electron chi connectivity index (χ1n) is 5.30. The smallest absolute Gasteiger partial charge is 0.258 e. The molecule has 2 heterocycles. The van der Waals surface area contributed by atoms with E-state index in [1.54, 1.807) is 11.0 Å². The molecule has 0 N–H and O–H groups in total. The minimum absolute atomic E-state index is 0.0615. The van der Waals surface area contributed by atoms with Crippen LogP contribution in [-0.4, -0.2) is 29.8 Å². The maximum absolute atomic E-state index is 12.1. The Bertz CT molecular complexity index is 378. The van der Waals surface area contributed by atoms with Crippen LogP contribution in [0.1, 0.15) is 23.2 Å². The molecule has 0 aromatic carbocycles. The normalized spacial score (nSPS) is 21.1. The van der Waals surface area contributed by atoms with E-state index in [-0.39, 0.29) is 11.1 Å². The lowest BCUT2D eigenvalue weighted by Crippen LogP contribution is -2.40. The Kier molecular flexibility index (Phi) is 3.77. The number of rotatable bonds is 2. The third kappa shape index (κ3) is 2.36. The van der Waals surface area contributed by atoms with Gasteiger partial charge < -0.3 is 9.32 Å². The lowest BCUT2D eigenvalue weighted by molar-refractivity contribution is 0.0684. The lowest BCUT2D eigenvalue weighted by Gasteiger charge is -2.31. The van der Waals surface area contributed by atoms with Gasteiger partial charge in [-0.15, -0.1) is 11.6 Å². The highest BCUT2D eigenvalue weighted by molar-refractivity contribution is 6.32. The highest BCUT2D eigenvalue weighted by Crippen LogP contribution is 2.23. The molecule has 0 bridgehead atoms. The summed E-state index contributed by atoms with van der Waals surface area (Å²) in [4.78, 5) is 13.9. The first-order valence-corrected chi connectivity index (χ1v) is 6.22. The molecule has 1 saturated heterocycles. The van der Waals surface area contributed by atoms with Gasteiger partial charge in [0.2, 0.25) is 5.22 Å². The summed E-state index contributed by atoms with van der Waals surface area (Å²) in [5, 5.41) is 0.165. The Balaban J connectivity index is 2.07. The number of nitrogens with zero attached hydrogens (tertiary/aromatic N) is 1. The Morgan fingerprint density at radius 1 is 1.62 bits per heavy atom. The standard InChI is InChI=1S/C11H13Cl2NO2/c12-6-8-2-1-4-14(7-8)11(15)9-3-5-16-10(9)13/h3,5,8H,1-2,4,6-7H2. The van der Waals surface area contributed by atoms with Crippen LogP contribution in [0.4, 0.5) is 0 Å². The van der Waals surface area contributed by atoms with E-state index in [9.17, 15) is 4.79 Å². The van der Waals surface area contributed by atoms with Crippen LogP contribution in [0.2, 0.25) is 5.22 Å². The molecular formula is C11H13Cl2NO2. The Morgan fingerprint density at radius 2 is 2.44 bits per heavy atom. The number of hydrogen-bond donors (Lipinski definition) is 0. The second-order valence-corrected chi connectivity index (χ2v) is 4.67. The van der Waals surface area contributed by atoms with Crippen molar-refractivity contribution in [2.24, 2.45) is 5.92 Å². The molecule has 0 aliphatic carbocycles. The second kappa shape index (κ2) is 5.11. The molecule has 0 spiro atoms. The maximum atomic E-state index is 12.1. The zero-order valence-electron chi connectivity index (χ0n) is 8.79. The summed E-state index contributed by atoms with van der Waals surface area (Å²) in [6, 6.07) is 1.61. The van der Waals surface area contributed by atoms with Crippen molar-refractivity contribution in [1.82, 2.24) is 4.90 Å². The minimum atomic E-state index is -0.0615. The Morgan fingerprint density at radius 3 is 3.06 bits per heavy atom. The number of carbonyl (C=O) groups is 1. The van der Waals surface area contributed by atoms with E-state index in [2.05, 4.69) is 0 Å². The van der Waals surface area contributed by atoms with Gasteiger partial charge in [-0.05, 0) is 36.4 Å². The van der Waals surface area contributed by atoms with Gasteiger partial charge in [0, 0.05) is 19.0 Å². The van der Waals surface area contributed by atoms with Crippen molar-refractivity contribution in [1.29, 1.82) is 0 Å². The van der Waals surface area contributed by atoms with Crippen LogP contribution in [0.3, 0.4) is 0 Å². The van der Waals surface area contributed by atoms with Crippen LogP contribution in [0.5, 0.6) is 0 Å². The van der Waals surface area contributed by atoms with E-state index in [1.165, 1.54) is 6.26 Å². The van der Waals surface area contributed by atoms with Gasteiger partial charge in [-0.1, -0.05) is 0 Å². The van der Waals surface area contributed by atoms with Crippen molar-refractivity contribution in [2.45, 2.75) is 12.8 Å². The number of halogens is 2.